The van der Waals surface area contributed by atoms with Gasteiger partial charge >= 0.3 is 0 Å². The minimum atomic E-state index is -1.24. The first-order valence-electron chi connectivity index (χ1n) is 44.5. The average molecular weight is 2160 g/mol. The van der Waals surface area contributed by atoms with Gasteiger partial charge in [0.25, 0.3) is 0 Å². The second kappa shape index (κ2) is 45.0. The Labute approximate surface area is 861 Å². The van der Waals surface area contributed by atoms with Crippen LogP contribution < -0.4 is 28.7 Å². The third-order valence-corrected chi connectivity index (χ3v) is 42.2. The molecule has 5 unspecified atom stereocenters. The zero-order valence-corrected chi connectivity index (χ0v) is 91.8. The summed E-state index contributed by atoms with van der Waals surface area (Å²) in [5.74, 6) is 6.79. The molecule has 0 aromatic carbocycles. The molecule has 0 aliphatic heterocycles. The van der Waals surface area contributed by atoms with Gasteiger partial charge in [0, 0.05) is 177 Å². The minimum Gasteiger partial charge on any atom is -0.396 e. The van der Waals surface area contributed by atoms with Gasteiger partial charge in [-0.05, 0) is 91.1 Å². The highest BCUT2D eigenvalue weighted by Crippen LogP contribution is 2.50. The number of unbranched alkanes of at least 4 members (excludes halogenated alkanes) is 3. The van der Waals surface area contributed by atoms with Crippen molar-refractivity contribution in [1.29, 1.82) is 0 Å². The van der Waals surface area contributed by atoms with Crippen LogP contribution in [-0.4, -0.2) is 160 Å². The lowest BCUT2D eigenvalue weighted by Gasteiger charge is -2.09. The summed E-state index contributed by atoms with van der Waals surface area (Å²) in [6.07, 6.45) is 23.9. The molecule has 0 spiro atoms. The fourth-order valence-corrected chi connectivity index (χ4v) is 31.6. The Hall–Kier alpha value is -10.5. The molecule has 140 heavy (non-hydrogen) atoms. The van der Waals surface area contributed by atoms with E-state index >= 15 is 0 Å². The normalized spacial score (nSPS) is 12.7. The Balaban J connectivity index is 0.000000126. The molecule has 5 atom stereocenters. The van der Waals surface area contributed by atoms with Gasteiger partial charge in [0.2, 0.25) is 0 Å². The fourth-order valence-electron chi connectivity index (χ4n) is 15.2. The topological polar surface area (TPSA) is 443 Å². The van der Waals surface area contributed by atoms with Crippen LogP contribution in [0.4, 0.5) is 28.4 Å². The van der Waals surface area contributed by atoms with Crippen molar-refractivity contribution >= 4 is 247 Å². The molecule has 20 heterocycles. The Morgan fingerprint density at radius 3 is 0.786 bits per heavy atom. The molecular weight excluding hydrogens is 2060 g/mol. The van der Waals surface area contributed by atoms with Crippen molar-refractivity contribution in [2.24, 2.45) is 35.2 Å². The van der Waals surface area contributed by atoms with Gasteiger partial charge in [-0.1, -0.05) is 53.9 Å². The van der Waals surface area contributed by atoms with Crippen LogP contribution in [0.15, 0.2) is 140 Å². The van der Waals surface area contributed by atoms with E-state index in [9.17, 15) is 21.0 Å². The fraction of sp³-hybridized carbons (Fsp3) is 0.309. The summed E-state index contributed by atoms with van der Waals surface area (Å²) < 4.78 is 83.0. The van der Waals surface area contributed by atoms with Crippen molar-refractivity contribution in [3.8, 4) is 110 Å². The highest BCUT2D eigenvalue weighted by molar-refractivity contribution is 7.89. The molecule has 31 nitrogen and oxygen atoms in total. The monoisotopic (exact) mass is 2160 g/mol. The number of hydrogen-bond donors (Lipinski definition) is 5. The first-order chi connectivity index (χ1) is 67.4. The summed E-state index contributed by atoms with van der Waals surface area (Å²) in [5.41, 5.74) is 48.7. The molecule has 0 amide bonds. The lowest BCUT2D eigenvalue weighted by atomic mass is 10.1. The number of aromatic nitrogens is 20. The third kappa shape index (κ3) is 21.1. The molecule has 46 heteroatoms. The Morgan fingerprint density at radius 2 is 0.564 bits per heavy atom. The number of imidazole rings is 5. The highest BCUT2D eigenvalue weighted by Gasteiger charge is 2.31. The number of thiophene rings is 5. The molecule has 0 fully saturated rings. The smallest absolute Gasteiger partial charge is 0.141 e. The van der Waals surface area contributed by atoms with Gasteiger partial charge in [-0.25, -0.2) is 74.8 Å². The van der Waals surface area contributed by atoms with E-state index in [1.165, 1.54) is 79.4 Å². The maximum atomic E-state index is 12.9. The highest BCUT2D eigenvalue weighted by atomic mass is 32.2. The van der Waals surface area contributed by atoms with E-state index in [4.69, 9.17) is 58.3 Å². The third-order valence-electron chi connectivity index (χ3n) is 23.1. The molecule has 730 valence electrons. The lowest BCUT2D eigenvalue weighted by Crippen LogP contribution is -2.06. The number of nitrogen functional groups attached to an aromatic ring is 5. The number of aryl methyl sites for hydroxylation is 5. The molecule has 0 saturated carbocycles. The second-order valence-corrected chi connectivity index (χ2v) is 51.2. The predicted molar refractivity (Wildman–Crippen MR) is 588 cm³/mol. The molecule has 20 aromatic heterocycles. The van der Waals surface area contributed by atoms with E-state index in [0.717, 1.165) is 233 Å². The average Bonchev–Trinajstić information content (AvgIpc) is 1.61. The van der Waals surface area contributed by atoms with Gasteiger partial charge in [-0.15, -0.1) is 113 Å². The van der Waals surface area contributed by atoms with Crippen molar-refractivity contribution in [2.75, 3.05) is 64.9 Å². The quantitative estimate of drug-likeness (QED) is 0.0272. The number of nitrogens with zero attached hydrogens (tertiary/aromatic N) is 20. The van der Waals surface area contributed by atoms with E-state index in [2.05, 4.69) is 63.7 Å². The molecular formula is C94H103N25O6S15. The van der Waals surface area contributed by atoms with Gasteiger partial charge in [0.1, 0.15) is 128 Å². The standard InChI is InChI=1S/C20H23N5OS3.C19H21N5O2S3.C19H21N5OS3.2C18H19N5OS3/c1-4-5-6-9-29(26)20-17(21)16-13(15-11-23-12(2)25(15)3)10-14(24-19(16)28-20)18-22-7-8-27-18;1-4-26-6-8-29(25)19-16(20)15-12(14-10-22-11(2)24(14)3)9-13(23-18(15)28-19)17-21-5-7-27-17;1-4-5-8-28(25)19-16(20)15-12(14-10-22-11(2)24(14)3)9-13(23-18(15)27-19)17-21-6-7-26-17;1-9(2)27(24)18-15(19)14-11(13-8-21-10(3)23(13)4)7-12(22-17(14)26-18)16-20-5-6-25-16;1-4-7-27(24)18-15(19)14-11(13-9-21-10(2)23(13)3)8-12(22-17(14)26-18)16-20-5-6-25-16/h7-8,10-11H,4-6,9,21H2,1-3H3;5,7,9-10H,4,6,8,20H2,1-3H3;6-7,9-10H,4-5,8,20H2,1-3H3;5-9H,19H2,1-4H3;5-6,8-9H,4,7,19H2,1-3H3. The Morgan fingerprint density at radius 1 is 0.321 bits per heavy atom. The van der Waals surface area contributed by atoms with Crippen LogP contribution in [0.2, 0.25) is 0 Å². The van der Waals surface area contributed by atoms with Crippen LogP contribution >= 0.6 is 113 Å². The molecule has 20 aromatic rings. The van der Waals surface area contributed by atoms with E-state index < -0.39 is 54.0 Å². The zero-order chi connectivity index (χ0) is 99.3. The number of nitrogens with two attached hydrogens (primary N) is 5. The first kappa shape index (κ1) is 102. The van der Waals surface area contributed by atoms with Gasteiger partial charge < -0.3 is 56.2 Å². The van der Waals surface area contributed by atoms with Crippen LogP contribution in [0, 0.1) is 34.6 Å². The Bertz CT molecular complexity index is 7780. The lowest BCUT2D eigenvalue weighted by molar-refractivity contribution is 0.164. The summed E-state index contributed by atoms with van der Waals surface area (Å²) >= 11 is 14.8. The van der Waals surface area contributed by atoms with Crippen LogP contribution in [0.1, 0.15) is 109 Å². The number of thiazole rings is 5. The molecule has 0 aliphatic carbocycles. The number of hydrogen-bond acceptors (Lipinski definition) is 36. The number of ether oxygens (including phenoxy) is 1. The SMILES string of the molecule is CCCCCS(=O)c1sc2nc(-c3nccs3)cc(-c3cnc(C)n3C)c2c1N.CCCCS(=O)c1sc2nc(-c3nccs3)cc(-c3cnc(C)n3C)c2c1N.CCCS(=O)c1sc2nc(-c3nccs3)cc(-c3cnc(C)n3C)c2c1N.CCOCCS(=O)c1sc2nc(-c3nccs3)cc(-c3cnc(C)n3C)c2c1N.Cc1ncc(-c2cc(-c3nccs3)nc3sc(S(=O)C(C)C)c(N)c23)n1C. The van der Waals surface area contributed by atoms with E-state index in [0.29, 0.717) is 81.5 Å². The van der Waals surface area contributed by atoms with E-state index in [1.807, 2.05) is 209 Å². The van der Waals surface area contributed by atoms with Crippen LogP contribution in [0.5, 0.6) is 0 Å². The largest absolute Gasteiger partial charge is 0.396 e. The molecule has 0 aliphatic rings. The number of fused-ring (bicyclic) bond motifs is 5. The van der Waals surface area contributed by atoms with Crippen molar-refractivity contribution in [2.45, 2.75) is 141 Å². The van der Waals surface area contributed by atoms with E-state index in [-0.39, 0.29) is 5.25 Å². The minimum absolute atomic E-state index is 0.0128. The summed E-state index contributed by atoms with van der Waals surface area (Å²) in [6.45, 7) is 22.9. The molecule has 0 saturated heterocycles. The Kier molecular flexibility index (Phi) is 32.9. The van der Waals surface area contributed by atoms with Crippen molar-refractivity contribution in [1.82, 2.24) is 97.6 Å². The maximum absolute atomic E-state index is 12.9. The summed E-state index contributed by atoms with van der Waals surface area (Å²) in [5, 5.41) is 18.1. The van der Waals surface area contributed by atoms with Gasteiger partial charge in [-0.3, -0.25) is 21.0 Å². The maximum Gasteiger partial charge on any atom is 0.141 e. The van der Waals surface area contributed by atoms with Crippen molar-refractivity contribution < 1.29 is 25.8 Å². The molecule has 0 bridgehead atoms. The van der Waals surface area contributed by atoms with Crippen molar-refractivity contribution in [3.63, 3.8) is 0 Å². The summed E-state index contributed by atoms with van der Waals surface area (Å²) in [7, 11) is 4.12. The zero-order valence-electron chi connectivity index (χ0n) is 79.5. The van der Waals surface area contributed by atoms with Gasteiger partial charge in [-0.2, -0.15) is 0 Å². The molecule has 0 radical (unpaired) electrons. The van der Waals surface area contributed by atoms with Crippen LogP contribution in [0.25, 0.3) is 161 Å². The van der Waals surface area contributed by atoms with Crippen molar-refractivity contribution in [3.05, 3.63) is 148 Å². The number of anilines is 5. The van der Waals surface area contributed by atoms with Crippen LogP contribution in [-0.2, 0) is 94.0 Å². The van der Waals surface area contributed by atoms with Gasteiger partial charge in [0.15, 0.2) is 0 Å². The summed E-state index contributed by atoms with van der Waals surface area (Å²) in [4.78, 5) is 72.1. The summed E-state index contributed by atoms with van der Waals surface area (Å²) in [6, 6.07) is 10.0. The van der Waals surface area contributed by atoms with Crippen LogP contribution in [0.3, 0.4) is 0 Å². The molecule has 20 rings (SSSR count). The molecule has 10 N–H and O–H groups in total. The van der Waals surface area contributed by atoms with Gasteiger partial charge in [0.05, 0.1) is 154 Å². The number of pyridine rings is 5. The van der Waals surface area contributed by atoms with E-state index in [1.54, 1.807) is 65.0 Å². The second-order valence-electron chi connectivity index (χ2n) is 32.4. The first-order valence-corrected chi connectivity index (χ1v) is 59.5. The number of rotatable bonds is 29. The predicted octanol–water partition coefficient (Wildman–Crippen LogP) is 21.9.